The molecule has 0 aromatic heterocycles. The number of rotatable bonds is 8. The first-order chi connectivity index (χ1) is 10.1. The van der Waals surface area contributed by atoms with Gasteiger partial charge >= 0.3 is 37.8 Å². The van der Waals surface area contributed by atoms with Gasteiger partial charge in [-0.25, -0.2) is 0 Å². The Morgan fingerprint density at radius 2 is 1.08 bits per heavy atom. The molecule has 24 heavy (non-hydrogen) atoms. The number of alkyl halides is 5. The summed E-state index contributed by atoms with van der Waals surface area (Å²) in [5.41, 5.74) is 0. The Hall–Kier alpha value is 0.358. The van der Waals surface area contributed by atoms with Crippen molar-refractivity contribution >= 4 is 34.0 Å². The highest BCUT2D eigenvalue weighted by molar-refractivity contribution is 6.88. The van der Waals surface area contributed by atoms with Gasteiger partial charge in [-0.2, -0.15) is 22.0 Å². The second kappa shape index (κ2) is 7.17. The molecule has 0 atom stereocenters. The topological polar surface area (TPSA) is 47.9 Å². The van der Waals surface area contributed by atoms with E-state index in [2.05, 4.69) is 0 Å². The summed E-state index contributed by atoms with van der Waals surface area (Å²) in [6.07, 6.45) is -5.60. The number of halogens is 5. The lowest BCUT2D eigenvalue weighted by atomic mass is 10.4. The first-order valence-electron chi connectivity index (χ1n) is 7.35. The Balaban J connectivity index is 5.08. The highest BCUT2D eigenvalue weighted by atomic mass is 28.5. The van der Waals surface area contributed by atoms with Crippen molar-refractivity contribution < 1.29 is 39.1 Å². The van der Waals surface area contributed by atoms with E-state index in [1.807, 2.05) is 0 Å². The second-order valence-corrected chi connectivity index (χ2v) is 22.5. The Bertz CT molecular complexity index is 435. The monoisotopic (exact) mass is 430 g/mol. The third kappa shape index (κ3) is 9.17. The van der Waals surface area contributed by atoms with Gasteiger partial charge in [-0.15, -0.1) is 0 Å². The molecule has 0 aliphatic carbocycles. The maximum atomic E-state index is 13.3. The van der Waals surface area contributed by atoms with Gasteiger partial charge in [0.25, 0.3) is 0 Å². The summed E-state index contributed by atoms with van der Waals surface area (Å²) < 4.78 is 81.0. The van der Waals surface area contributed by atoms with Crippen LogP contribution in [0.1, 0.15) is 0 Å². The average molecular weight is 431 g/mol. The molecule has 0 aliphatic heterocycles. The molecule has 13 heteroatoms. The lowest BCUT2D eigenvalue weighted by Crippen LogP contribution is -2.57. The van der Waals surface area contributed by atoms with Gasteiger partial charge < -0.3 is 17.1 Å². The van der Waals surface area contributed by atoms with E-state index in [-0.39, 0.29) is 0 Å². The van der Waals surface area contributed by atoms with E-state index in [0.29, 0.717) is 0 Å². The van der Waals surface area contributed by atoms with Crippen LogP contribution in [0.4, 0.5) is 22.0 Å². The Kier molecular flexibility index (Phi) is 7.28. The predicted molar refractivity (Wildman–Crippen MR) is 91.2 cm³/mol. The van der Waals surface area contributed by atoms with Gasteiger partial charge in [0.05, 0.1) is 0 Å². The molecule has 0 amide bonds. The van der Waals surface area contributed by atoms with Crippen molar-refractivity contribution in [3.63, 3.8) is 0 Å². The van der Waals surface area contributed by atoms with Crippen LogP contribution >= 0.6 is 0 Å². The van der Waals surface area contributed by atoms with Crippen LogP contribution in [0.5, 0.6) is 0 Å². The van der Waals surface area contributed by atoms with Crippen LogP contribution in [0, 0.1) is 0 Å². The van der Waals surface area contributed by atoms with E-state index in [1.54, 1.807) is 39.3 Å². The standard InChI is InChI=1S/C11H27F5O4Si4/c1-21(2,9-10(12,13)11(14,15)16)18-23(5,6)20-24(7,8)19-22(3,4)17/h17H,9H2,1-8H3. The first-order valence-corrected chi connectivity index (χ1v) is 19.0. The zero-order chi connectivity index (χ0) is 19.8. The molecule has 0 fully saturated rings. The van der Waals surface area contributed by atoms with Crippen LogP contribution < -0.4 is 0 Å². The third-order valence-corrected chi connectivity index (χ3v) is 15.9. The van der Waals surface area contributed by atoms with E-state index >= 15 is 0 Å². The van der Waals surface area contributed by atoms with Gasteiger partial charge in [-0.1, -0.05) is 0 Å². The van der Waals surface area contributed by atoms with E-state index in [4.69, 9.17) is 12.3 Å². The van der Waals surface area contributed by atoms with Crippen LogP contribution in [0.3, 0.4) is 0 Å². The summed E-state index contributed by atoms with van der Waals surface area (Å²) in [6, 6.07) is -1.37. The van der Waals surface area contributed by atoms with Crippen LogP contribution in [-0.4, -0.2) is 50.9 Å². The SMILES string of the molecule is C[Si](C)(O)O[Si](C)(C)O[Si](C)(C)O[Si](C)(C)CC(F)(F)C(F)(F)F. The van der Waals surface area contributed by atoms with E-state index in [9.17, 15) is 26.7 Å². The van der Waals surface area contributed by atoms with E-state index < -0.39 is 52.1 Å². The van der Waals surface area contributed by atoms with Gasteiger partial charge in [-0.3, -0.25) is 0 Å². The molecule has 0 unspecified atom stereocenters. The summed E-state index contributed by atoms with van der Waals surface area (Å²) >= 11 is 0. The highest BCUT2D eigenvalue weighted by Crippen LogP contribution is 2.42. The zero-order valence-corrected chi connectivity index (χ0v) is 19.3. The molecule has 0 saturated carbocycles. The molecular weight excluding hydrogens is 403 g/mol. The Labute approximate surface area is 144 Å². The molecule has 0 rings (SSSR count). The molecule has 0 aromatic carbocycles. The lowest BCUT2D eigenvalue weighted by Gasteiger charge is -2.40. The molecule has 4 nitrogen and oxygen atoms in total. The van der Waals surface area contributed by atoms with Gasteiger partial charge in [0.1, 0.15) is 0 Å². The summed E-state index contributed by atoms with van der Waals surface area (Å²) in [6.45, 7) is 12.3. The molecule has 1 N–H and O–H groups in total. The second-order valence-electron chi connectivity index (χ2n) is 7.69. The minimum absolute atomic E-state index is 1.31. The lowest BCUT2D eigenvalue weighted by molar-refractivity contribution is -0.274. The van der Waals surface area contributed by atoms with Gasteiger partial charge in [0.15, 0.2) is 8.32 Å². The minimum atomic E-state index is -5.60. The van der Waals surface area contributed by atoms with Crippen molar-refractivity contribution in [2.45, 2.75) is 70.5 Å². The van der Waals surface area contributed by atoms with Crippen molar-refractivity contribution in [1.29, 1.82) is 0 Å². The normalized spacial score (nSPS) is 15.8. The van der Waals surface area contributed by atoms with Gasteiger partial charge in [0, 0.05) is 6.04 Å². The fraction of sp³-hybridized carbons (Fsp3) is 1.00. The fourth-order valence-corrected chi connectivity index (χ4v) is 20.1. The van der Waals surface area contributed by atoms with Crippen molar-refractivity contribution in [3.8, 4) is 0 Å². The summed E-state index contributed by atoms with van der Waals surface area (Å²) in [7, 11) is -12.1. The largest absolute Gasteiger partial charge is 0.453 e. The fourth-order valence-electron chi connectivity index (χ4n) is 2.57. The van der Waals surface area contributed by atoms with Gasteiger partial charge in [-0.05, 0) is 52.4 Å². The maximum absolute atomic E-state index is 13.3. The van der Waals surface area contributed by atoms with E-state index in [1.165, 1.54) is 13.1 Å². The van der Waals surface area contributed by atoms with Gasteiger partial charge in [0.2, 0.25) is 0 Å². The molecule has 146 valence electrons. The quantitative estimate of drug-likeness (QED) is 0.454. The van der Waals surface area contributed by atoms with E-state index in [0.717, 1.165) is 0 Å². The first kappa shape index (κ1) is 24.4. The summed E-state index contributed by atoms with van der Waals surface area (Å²) in [5, 5.41) is 0. The molecule has 0 bridgehead atoms. The highest BCUT2D eigenvalue weighted by Gasteiger charge is 2.60. The smallest absolute Gasteiger partial charge is 0.436 e. The minimum Gasteiger partial charge on any atom is -0.436 e. The molecule has 0 spiro atoms. The van der Waals surface area contributed by atoms with Crippen molar-refractivity contribution in [3.05, 3.63) is 0 Å². The summed E-state index contributed by atoms with van der Waals surface area (Å²) in [4.78, 5) is 9.86. The maximum Gasteiger partial charge on any atom is 0.453 e. The molecule has 0 aromatic rings. The van der Waals surface area contributed by atoms with Crippen molar-refractivity contribution in [1.82, 2.24) is 0 Å². The van der Waals surface area contributed by atoms with Crippen LogP contribution in [0.25, 0.3) is 0 Å². The van der Waals surface area contributed by atoms with Crippen LogP contribution in [-0.2, 0) is 12.3 Å². The number of hydrogen-bond acceptors (Lipinski definition) is 4. The molecule has 0 aliphatic rings. The zero-order valence-electron chi connectivity index (χ0n) is 15.3. The molecule has 0 saturated heterocycles. The third-order valence-electron chi connectivity index (χ3n) is 2.57. The van der Waals surface area contributed by atoms with Crippen LogP contribution in [0.2, 0.25) is 58.4 Å². The predicted octanol–water partition coefficient (Wildman–Crippen LogP) is 4.54. The number of hydrogen-bond donors (Lipinski definition) is 1. The molecule has 0 heterocycles. The van der Waals surface area contributed by atoms with Crippen LogP contribution in [0.15, 0.2) is 0 Å². The Morgan fingerprint density at radius 3 is 1.42 bits per heavy atom. The average Bonchev–Trinajstić information content (AvgIpc) is 2.02. The summed E-state index contributed by atoms with van der Waals surface area (Å²) in [5.74, 6) is -4.79. The van der Waals surface area contributed by atoms with Crippen molar-refractivity contribution in [2.24, 2.45) is 0 Å². The Morgan fingerprint density at radius 1 is 0.708 bits per heavy atom. The molecular formula is C11H27F5O4Si4. The molecule has 0 radical (unpaired) electrons. The van der Waals surface area contributed by atoms with Crippen molar-refractivity contribution in [2.75, 3.05) is 0 Å².